The van der Waals surface area contributed by atoms with Gasteiger partial charge in [0.25, 0.3) is 10.2 Å². The van der Waals surface area contributed by atoms with E-state index in [1.165, 1.54) is 4.31 Å². The van der Waals surface area contributed by atoms with Gasteiger partial charge in [-0.05, 0) is 33.2 Å². The van der Waals surface area contributed by atoms with E-state index < -0.39 is 10.2 Å². The van der Waals surface area contributed by atoms with Crippen molar-refractivity contribution in [2.45, 2.75) is 44.9 Å². The van der Waals surface area contributed by atoms with E-state index in [4.69, 9.17) is 4.74 Å². The van der Waals surface area contributed by atoms with Crippen LogP contribution in [0.4, 0.5) is 0 Å². The SMILES string of the molecule is CC1CN(S(=O)(=O)N[C@@H]2CCCNC2)CC(C)O1. The average molecular weight is 277 g/mol. The molecule has 0 saturated carbocycles. The lowest BCUT2D eigenvalue weighted by Crippen LogP contribution is -2.55. The molecule has 106 valence electrons. The molecule has 2 saturated heterocycles. The fraction of sp³-hybridized carbons (Fsp3) is 1.00. The number of nitrogens with one attached hydrogen (secondary N) is 2. The van der Waals surface area contributed by atoms with E-state index in [1.807, 2.05) is 13.8 Å². The number of hydrogen-bond donors (Lipinski definition) is 2. The van der Waals surface area contributed by atoms with Crippen LogP contribution in [-0.4, -0.2) is 57.2 Å². The first kappa shape index (κ1) is 14.2. The van der Waals surface area contributed by atoms with Crippen molar-refractivity contribution < 1.29 is 13.2 Å². The highest BCUT2D eigenvalue weighted by Gasteiger charge is 2.32. The number of piperidine rings is 1. The minimum Gasteiger partial charge on any atom is -0.373 e. The first-order valence-corrected chi connectivity index (χ1v) is 8.05. The van der Waals surface area contributed by atoms with E-state index in [1.54, 1.807) is 0 Å². The Hall–Kier alpha value is -0.210. The van der Waals surface area contributed by atoms with Crippen molar-refractivity contribution >= 4 is 10.2 Å². The van der Waals surface area contributed by atoms with Crippen LogP contribution in [0.15, 0.2) is 0 Å². The Bertz CT molecular complexity index is 358. The van der Waals surface area contributed by atoms with E-state index in [0.717, 1.165) is 19.4 Å². The van der Waals surface area contributed by atoms with Crippen LogP contribution in [0.3, 0.4) is 0 Å². The van der Waals surface area contributed by atoms with Crippen molar-refractivity contribution in [3.63, 3.8) is 0 Å². The van der Waals surface area contributed by atoms with Crippen molar-refractivity contribution in [3.05, 3.63) is 0 Å². The lowest BCUT2D eigenvalue weighted by atomic mass is 10.1. The normalized spacial score (nSPS) is 35.6. The van der Waals surface area contributed by atoms with Crippen LogP contribution in [-0.2, 0) is 14.9 Å². The molecule has 6 nitrogen and oxygen atoms in total. The molecule has 2 unspecified atom stereocenters. The number of hydrogen-bond acceptors (Lipinski definition) is 4. The Labute approximate surface area is 109 Å². The van der Waals surface area contributed by atoms with Crippen LogP contribution in [0.5, 0.6) is 0 Å². The number of nitrogens with zero attached hydrogens (tertiary/aromatic N) is 1. The van der Waals surface area contributed by atoms with Crippen molar-refractivity contribution in [3.8, 4) is 0 Å². The third kappa shape index (κ3) is 3.64. The predicted octanol–water partition coefficient (Wildman–Crippen LogP) is -0.318. The molecule has 7 heteroatoms. The van der Waals surface area contributed by atoms with Gasteiger partial charge in [0.1, 0.15) is 0 Å². The lowest BCUT2D eigenvalue weighted by molar-refractivity contribution is -0.0444. The zero-order valence-electron chi connectivity index (χ0n) is 11.1. The summed E-state index contributed by atoms with van der Waals surface area (Å²) >= 11 is 0. The van der Waals surface area contributed by atoms with Gasteiger partial charge >= 0.3 is 0 Å². The summed E-state index contributed by atoms with van der Waals surface area (Å²) < 4.78 is 34.4. The average Bonchev–Trinajstić information content (AvgIpc) is 2.28. The summed E-state index contributed by atoms with van der Waals surface area (Å²) in [5.74, 6) is 0. The maximum Gasteiger partial charge on any atom is 0.279 e. The third-order valence-corrected chi connectivity index (χ3v) is 4.95. The predicted molar refractivity (Wildman–Crippen MR) is 69.5 cm³/mol. The van der Waals surface area contributed by atoms with Crippen LogP contribution in [0.1, 0.15) is 26.7 Å². The molecule has 0 spiro atoms. The maximum atomic E-state index is 12.3. The lowest BCUT2D eigenvalue weighted by Gasteiger charge is -2.35. The molecular weight excluding hydrogens is 254 g/mol. The van der Waals surface area contributed by atoms with Crippen LogP contribution in [0, 0.1) is 0 Å². The molecule has 0 aromatic rings. The molecule has 18 heavy (non-hydrogen) atoms. The largest absolute Gasteiger partial charge is 0.373 e. The highest BCUT2D eigenvalue weighted by atomic mass is 32.2. The molecule has 0 amide bonds. The second-order valence-electron chi connectivity index (χ2n) is 5.24. The summed E-state index contributed by atoms with van der Waals surface area (Å²) in [6, 6.07) is 0.0113. The molecule has 0 aliphatic carbocycles. The van der Waals surface area contributed by atoms with E-state index in [9.17, 15) is 8.42 Å². The summed E-state index contributed by atoms with van der Waals surface area (Å²) in [6.07, 6.45) is 1.83. The first-order chi connectivity index (χ1) is 8.47. The molecular formula is C11H23N3O3S. The molecule has 2 aliphatic heterocycles. The smallest absolute Gasteiger partial charge is 0.279 e. The molecule has 0 bridgehead atoms. The Morgan fingerprint density at radius 2 is 1.94 bits per heavy atom. The summed E-state index contributed by atoms with van der Waals surface area (Å²) in [6.45, 7) is 6.36. The Kier molecular flexibility index (Phi) is 4.60. The molecule has 0 aromatic heterocycles. The molecule has 0 aromatic carbocycles. The highest BCUT2D eigenvalue weighted by molar-refractivity contribution is 7.87. The van der Waals surface area contributed by atoms with Gasteiger partial charge < -0.3 is 10.1 Å². The van der Waals surface area contributed by atoms with Gasteiger partial charge in [0.15, 0.2) is 0 Å². The monoisotopic (exact) mass is 277 g/mol. The summed E-state index contributed by atoms with van der Waals surface area (Å²) in [5, 5.41) is 3.21. The second-order valence-corrected chi connectivity index (χ2v) is 6.94. The van der Waals surface area contributed by atoms with Crippen molar-refractivity contribution in [2.24, 2.45) is 0 Å². The van der Waals surface area contributed by atoms with E-state index in [-0.39, 0.29) is 18.2 Å². The third-order valence-electron chi connectivity index (χ3n) is 3.34. The van der Waals surface area contributed by atoms with Crippen molar-refractivity contribution in [1.82, 2.24) is 14.3 Å². The molecule has 0 radical (unpaired) electrons. The topological polar surface area (TPSA) is 70.7 Å². The minimum absolute atomic E-state index is 0.0113. The summed E-state index contributed by atoms with van der Waals surface area (Å²) in [4.78, 5) is 0. The van der Waals surface area contributed by atoms with Gasteiger partial charge in [-0.1, -0.05) is 0 Å². The number of ether oxygens (including phenoxy) is 1. The van der Waals surface area contributed by atoms with Crippen molar-refractivity contribution in [2.75, 3.05) is 26.2 Å². The Morgan fingerprint density at radius 1 is 1.28 bits per heavy atom. The van der Waals surface area contributed by atoms with Crippen LogP contribution < -0.4 is 10.0 Å². The molecule has 2 rings (SSSR count). The Balaban J connectivity index is 1.96. The van der Waals surface area contributed by atoms with E-state index in [2.05, 4.69) is 10.0 Å². The van der Waals surface area contributed by atoms with E-state index in [0.29, 0.717) is 19.6 Å². The zero-order chi connectivity index (χ0) is 13.2. The van der Waals surface area contributed by atoms with Gasteiger partial charge in [0, 0.05) is 25.7 Å². The molecule has 2 N–H and O–H groups in total. The summed E-state index contributed by atoms with van der Waals surface area (Å²) in [5.41, 5.74) is 0. The van der Waals surface area contributed by atoms with E-state index >= 15 is 0 Å². The van der Waals surface area contributed by atoms with Gasteiger partial charge in [-0.15, -0.1) is 0 Å². The second kappa shape index (κ2) is 5.83. The van der Waals surface area contributed by atoms with Crippen molar-refractivity contribution in [1.29, 1.82) is 0 Å². The van der Waals surface area contributed by atoms with Gasteiger partial charge in [-0.3, -0.25) is 0 Å². The van der Waals surface area contributed by atoms with Gasteiger partial charge in [0.05, 0.1) is 12.2 Å². The first-order valence-electron chi connectivity index (χ1n) is 6.61. The molecule has 2 aliphatic rings. The number of morpholine rings is 1. The van der Waals surface area contributed by atoms with Gasteiger partial charge in [-0.2, -0.15) is 17.4 Å². The van der Waals surface area contributed by atoms with Crippen LogP contribution in [0.25, 0.3) is 0 Å². The van der Waals surface area contributed by atoms with Gasteiger partial charge in [-0.25, -0.2) is 0 Å². The standard InChI is InChI=1S/C11H23N3O3S/c1-9-7-14(8-10(2)17-9)18(15,16)13-11-4-3-5-12-6-11/h9-13H,3-8H2,1-2H3/t9?,10?,11-/m1/s1. The van der Waals surface area contributed by atoms with Crippen LogP contribution >= 0.6 is 0 Å². The minimum atomic E-state index is -3.39. The Morgan fingerprint density at radius 3 is 2.50 bits per heavy atom. The summed E-state index contributed by atoms with van der Waals surface area (Å²) in [7, 11) is -3.39. The fourth-order valence-electron chi connectivity index (χ4n) is 2.56. The fourth-order valence-corrected chi connectivity index (χ4v) is 4.15. The number of rotatable bonds is 3. The zero-order valence-corrected chi connectivity index (χ0v) is 11.9. The molecule has 2 fully saturated rings. The highest BCUT2D eigenvalue weighted by Crippen LogP contribution is 2.14. The molecule has 2 heterocycles. The molecule has 3 atom stereocenters. The maximum absolute atomic E-state index is 12.3. The quantitative estimate of drug-likeness (QED) is 0.742. The van der Waals surface area contributed by atoms with Gasteiger partial charge in [0.2, 0.25) is 0 Å². The van der Waals surface area contributed by atoms with Crippen LogP contribution in [0.2, 0.25) is 0 Å².